The highest BCUT2D eigenvalue weighted by atomic mass is 16.5. The summed E-state index contributed by atoms with van der Waals surface area (Å²) in [7, 11) is 1.64. The molecule has 0 aromatic carbocycles. The molecule has 1 unspecified atom stereocenters. The van der Waals surface area contributed by atoms with E-state index in [0.29, 0.717) is 13.2 Å². The first-order valence-corrected chi connectivity index (χ1v) is 5.62. The molecule has 4 nitrogen and oxygen atoms in total. The molecular formula is C11H21NO3. The first-order chi connectivity index (χ1) is 7.25. The number of nitrogens with one attached hydrogen (secondary N) is 1. The van der Waals surface area contributed by atoms with Gasteiger partial charge in [-0.1, -0.05) is 0 Å². The first kappa shape index (κ1) is 12.5. The van der Waals surface area contributed by atoms with Crippen molar-refractivity contribution in [1.82, 2.24) is 5.32 Å². The Morgan fingerprint density at radius 2 is 2.20 bits per heavy atom. The van der Waals surface area contributed by atoms with Crippen molar-refractivity contribution in [2.75, 3.05) is 33.4 Å². The molecule has 1 fully saturated rings. The summed E-state index contributed by atoms with van der Waals surface area (Å²) in [6.07, 6.45) is 2.66. The van der Waals surface area contributed by atoms with Crippen LogP contribution in [0.25, 0.3) is 0 Å². The van der Waals surface area contributed by atoms with Crippen LogP contribution in [0.2, 0.25) is 0 Å². The number of ether oxygens (including phenoxy) is 2. The smallest absolute Gasteiger partial charge is 0.314 e. The number of rotatable bonds is 4. The lowest BCUT2D eigenvalue weighted by molar-refractivity contribution is -0.159. The molecule has 15 heavy (non-hydrogen) atoms. The van der Waals surface area contributed by atoms with E-state index in [1.807, 2.05) is 6.92 Å². The van der Waals surface area contributed by atoms with Gasteiger partial charge in [-0.15, -0.1) is 0 Å². The highest BCUT2D eigenvalue weighted by Crippen LogP contribution is 2.31. The Labute approximate surface area is 91.3 Å². The quantitative estimate of drug-likeness (QED) is 0.709. The molecule has 1 N–H and O–H groups in total. The van der Waals surface area contributed by atoms with Gasteiger partial charge in [-0.25, -0.2) is 0 Å². The number of carbonyl (C=O) groups excluding carboxylic acids is 1. The molecular weight excluding hydrogens is 194 g/mol. The second kappa shape index (κ2) is 6.08. The van der Waals surface area contributed by atoms with Crippen LogP contribution in [0.4, 0.5) is 0 Å². The molecule has 1 aliphatic rings. The number of hydrogen-bond donors (Lipinski definition) is 1. The Morgan fingerprint density at radius 1 is 1.40 bits per heavy atom. The normalized spacial score (nSPS) is 27.1. The van der Waals surface area contributed by atoms with Gasteiger partial charge in [0.15, 0.2) is 0 Å². The maximum absolute atomic E-state index is 11.9. The minimum absolute atomic E-state index is 0.101. The fourth-order valence-corrected chi connectivity index (χ4v) is 2.10. The molecule has 0 aromatic rings. The molecule has 1 heterocycles. The Balaban J connectivity index is 2.69. The van der Waals surface area contributed by atoms with Gasteiger partial charge >= 0.3 is 5.97 Å². The van der Waals surface area contributed by atoms with Crippen LogP contribution in [-0.4, -0.2) is 39.4 Å². The van der Waals surface area contributed by atoms with Gasteiger partial charge in [-0.2, -0.15) is 0 Å². The third kappa shape index (κ3) is 3.18. The van der Waals surface area contributed by atoms with Crippen molar-refractivity contribution in [3.8, 4) is 0 Å². The minimum Gasteiger partial charge on any atom is -0.465 e. The van der Waals surface area contributed by atoms with Crippen molar-refractivity contribution in [3.63, 3.8) is 0 Å². The average Bonchev–Trinajstić information content (AvgIpc) is 2.45. The lowest BCUT2D eigenvalue weighted by Crippen LogP contribution is -2.38. The maximum atomic E-state index is 11.9. The van der Waals surface area contributed by atoms with E-state index in [0.717, 1.165) is 32.4 Å². The van der Waals surface area contributed by atoms with Crippen LogP contribution in [0.1, 0.15) is 26.2 Å². The molecule has 0 radical (unpaired) electrons. The number of carbonyl (C=O) groups is 1. The summed E-state index contributed by atoms with van der Waals surface area (Å²) in [5, 5.41) is 3.29. The molecule has 0 amide bonds. The molecule has 1 rings (SSSR count). The first-order valence-electron chi connectivity index (χ1n) is 5.62. The second-order valence-electron chi connectivity index (χ2n) is 4.04. The zero-order valence-electron chi connectivity index (χ0n) is 9.67. The Kier molecular flexibility index (Phi) is 5.05. The lowest BCUT2D eigenvalue weighted by atomic mass is 9.81. The molecule has 0 aromatic heterocycles. The SMILES string of the molecule is CCOC(=O)C1(COC)CCCNCC1. The summed E-state index contributed by atoms with van der Waals surface area (Å²) in [6.45, 7) is 4.59. The third-order valence-corrected chi connectivity index (χ3v) is 2.92. The average molecular weight is 215 g/mol. The molecule has 0 spiro atoms. The molecule has 0 aliphatic carbocycles. The summed E-state index contributed by atoms with van der Waals surface area (Å²) in [6, 6.07) is 0. The largest absolute Gasteiger partial charge is 0.465 e. The zero-order chi connectivity index (χ0) is 11.1. The van der Waals surface area contributed by atoms with Crippen molar-refractivity contribution in [2.45, 2.75) is 26.2 Å². The van der Waals surface area contributed by atoms with E-state index < -0.39 is 5.41 Å². The van der Waals surface area contributed by atoms with E-state index in [-0.39, 0.29) is 5.97 Å². The van der Waals surface area contributed by atoms with Crippen LogP contribution in [0, 0.1) is 5.41 Å². The molecule has 1 aliphatic heterocycles. The highest BCUT2D eigenvalue weighted by Gasteiger charge is 2.40. The summed E-state index contributed by atoms with van der Waals surface area (Å²) in [4.78, 5) is 11.9. The summed E-state index contributed by atoms with van der Waals surface area (Å²) < 4.78 is 10.3. The fraction of sp³-hybridized carbons (Fsp3) is 0.909. The molecule has 1 saturated heterocycles. The van der Waals surface area contributed by atoms with Gasteiger partial charge in [-0.3, -0.25) is 4.79 Å². The summed E-state index contributed by atoms with van der Waals surface area (Å²) >= 11 is 0. The van der Waals surface area contributed by atoms with Crippen LogP contribution in [0.3, 0.4) is 0 Å². The molecule has 88 valence electrons. The van der Waals surface area contributed by atoms with Gasteiger partial charge in [-0.05, 0) is 39.3 Å². The zero-order valence-corrected chi connectivity index (χ0v) is 9.67. The Morgan fingerprint density at radius 3 is 2.87 bits per heavy atom. The van der Waals surface area contributed by atoms with Gasteiger partial charge in [0.2, 0.25) is 0 Å². The summed E-state index contributed by atoms with van der Waals surface area (Å²) in [5.74, 6) is -0.101. The van der Waals surface area contributed by atoms with Crippen LogP contribution < -0.4 is 5.32 Å². The predicted octanol–water partition coefficient (Wildman–Crippen LogP) is 0.956. The predicted molar refractivity (Wildman–Crippen MR) is 57.7 cm³/mol. The van der Waals surface area contributed by atoms with Gasteiger partial charge in [0.05, 0.1) is 18.6 Å². The monoisotopic (exact) mass is 215 g/mol. The van der Waals surface area contributed by atoms with E-state index in [1.54, 1.807) is 7.11 Å². The lowest BCUT2D eigenvalue weighted by Gasteiger charge is -2.28. The van der Waals surface area contributed by atoms with Crippen LogP contribution in [0.5, 0.6) is 0 Å². The standard InChI is InChI=1S/C11H21NO3/c1-3-15-10(13)11(9-14-2)5-4-7-12-8-6-11/h12H,3-9H2,1-2H3. The van der Waals surface area contributed by atoms with Crippen LogP contribution in [-0.2, 0) is 14.3 Å². The van der Waals surface area contributed by atoms with E-state index >= 15 is 0 Å². The molecule has 0 bridgehead atoms. The number of hydrogen-bond acceptors (Lipinski definition) is 4. The second-order valence-corrected chi connectivity index (χ2v) is 4.04. The Hall–Kier alpha value is -0.610. The van der Waals surface area contributed by atoms with Crippen molar-refractivity contribution in [2.24, 2.45) is 5.41 Å². The highest BCUT2D eigenvalue weighted by molar-refractivity contribution is 5.77. The van der Waals surface area contributed by atoms with Crippen LogP contribution >= 0.6 is 0 Å². The fourth-order valence-electron chi connectivity index (χ4n) is 2.10. The topological polar surface area (TPSA) is 47.6 Å². The van der Waals surface area contributed by atoms with Crippen LogP contribution in [0.15, 0.2) is 0 Å². The van der Waals surface area contributed by atoms with E-state index in [4.69, 9.17) is 9.47 Å². The van der Waals surface area contributed by atoms with Crippen molar-refractivity contribution in [1.29, 1.82) is 0 Å². The third-order valence-electron chi connectivity index (χ3n) is 2.92. The van der Waals surface area contributed by atoms with Gasteiger partial charge in [0.25, 0.3) is 0 Å². The molecule has 1 atom stereocenters. The van der Waals surface area contributed by atoms with Gasteiger partial charge in [0, 0.05) is 7.11 Å². The number of esters is 1. The summed E-state index contributed by atoms with van der Waals surface area (Å²) in [5.41, 5.74) is -0.422. The van der Waals surface area contributed by atoms with E-state index in [9.17, 15) is 4.79 Å². The van der Waals surface area contributed by atoms with E-state index in [2.05, 4.69) is 5.32 Å². The Bertz CT molecular complexity index is 198. The minimum atomic E-state index is -0.422. The van der Waals surface area contributed by atoms with Crippen molar-refractivity contribution in [3.05, 3.63) is 0 Å². The van der Waals surface area contributed by atoms with Gasteiger partial charge < -0.3 is 14.8 Å². The maximum Gasteiger partial charge on any atom is 0.314 e. The molecule has 4 heteroatoms. The van der Waals surface area contributed by atoms with Crippen molar-refractivity contribution >= 4 is 5.97 Å². The van der Waals surface area contributed by atoms with E-state index in [1.165, 1.54) is 0 Å². The van der Waals surface area contributed by atoms with Gasteiger partial charge in [0.1, 0.15) is 0 Å². The number of methoxy groups -OCH3 is 1. The molecule has 0 saturated carbocycles. The van der Waals surface area contributed by atoms with Crippen molar-refractivity contribution < 1.29 is 14.3 Å².